The summed E-state index contributed by atoms with van der Waals surface area (Å²) in [5, 5.41) is 15.6. The van der Waals surface area contributed by atoms with E-state index in [9.17, 15) is 5.11 Å². The van der Waals surface area contributed by atoms with Gasteiger partial charge in [-0.05, 0) is 19.8 Å². The summed E-state index contributed by atoms with van der Waals surface area (Å²) in [7, 11) is 3.78. The van der Waals surface area contributed by atoms with Gasteiger partial charge in [0.15, 0.2) is 0 Å². The minimum Gasteiger partial charge on any atom is -0.393 e. The molecule has 0 unspecified atom stereocenters. The van der Waals surface area contributed by atoms with Crippen molar-refractivity contribution < 1.29 is 5.11 Å². The highest BCUT2D eigenvalue weighted by Gasteiger charge is 2.27. The Morgan fingerprint density at radius 2 is 1.89 bits per heavy atom. The standard InChI is InChI=1S/C11H20N6O/c1-4-12-9-14-10(13-7-5-8(18)6-7)16-11(15-9)17(2)3/h7-8,18H,4-6H2,1-3H3,(H2,12,13,14,15,16). The van der Waals surface area contributed by atoms with Crippen LogP contribution in [0.1, 0.15) is 19.8 Å². The lowest BCUT2D eigenvalue weighted by Gasteiger charge is -2.32. The summed E-state index contributed by atoms with van der Waals surface area (Å²) in [5.41, 5.74) is 0. The highest BCUT2D eigenvalue weighted by Crippen LogP contribution is 2.23. The molecule has 3 N–H and O–H groups in total. The smallest absolute Gasteiger partial charge is 0.231 e. The van der Waals surface area contributed by atoms with Gasteiger partial charge in [-0.2, -0.15) is 15.0 Å². The van der Waals surface area contributed by atoms with Gasteiger partial charge >= 0.3 is 0 Å². The molecule has 7 nitrogen and oxygen atoms in total. The normalized spacial score (nSPS) is 22.2. The fraction of sp³-hybridized carbons (Fsp3) is 0.727. The second kappa shape index (κ2) is 5.34. The molecule has 100 valence electrons. The molecule has 1 aromatic rings. The summed E-state index contributed by atoms with van der Waals surface area (Å²) in [6.07, 6.45) is 1.31. The van der Waals surface area contributed by atoms with E-state index in [-0.39, 0.29) is 12.1 Å². The van der Waals surface area contributed by atoms with Crippen molar-refractivity contribution in [1.82, 2.24) is 15.0 Å². The lowest BCUT2D eigenvalue weighted by atomic mass is 9.90. The second-order valence-corrected chi connectivity index (χ2v) is 4.67. The number of hydrogen-bond acceptors (Lipinski definition) is 7. The predicted molar refractivity (Wildman–Crippen MR) is 71.0 cm³/mol. The molecular weight excluding hydrogens is 232 g/mol. The first-order chi connectivity index (χ1) is 8.58. The van der Waals surface area contributed by atoms with Crippen LogP contribution in [0.2, 0.25) is 0 Å². The first-order valence-electron chi connectivity index (χ1n) is 6.20. The summed E-state index contributed by atoms with van der Waals surface area (Å²) < 4.78 is 0. The van der Waals surface area contributed by atoms with Crippen LogP contribution in [0.5, 0.6) is 0 Å². The van der Waals surface area contributed by atoms with Gasteiger partial charge in [-0.1, -0.05) is 0 Å². The molecule has 1 heterocycles. The second-order valence-electron chi connectivity index (χ2n) is 4.67. The van der Waals surface area contributed by atoms with Gasteiger partial charge in [-0.3, -0.25) is 0 Å². The minimum atomic E-state index is -0.189. The van der Waals surface area contributed by atoms with Gasteiger partial charge in [0.2, 0.25) is 17.8 Å². The minimum absolute atomic E-state index is 0.189. The Balaban J connectivity index is 2.12. The Morgan fingerprint density at radius 3 is 2.44 bits per heavy atom. The number of aliphatic hydroxyl groups excluding tert-OH is 1. The Hall–Kier alpha value is -1.63. The van der Waals surface area contributed by atoms with Crippen molar-refractivity contribution in [1.29, 1.82) is 0 Å². The van der Waals surface area contributed by atoms with Crippen molar-refractivity contribution in [2.45, 2.75) is 31.9 Å². The first-order valence-corrected chi connectivity index (χ1v) is 6.20. The molecule has 2 rings (SSSR count). The number of anilines is 3. The van der Waals surface area contributed by atoms with E-state index in [2.05, 4.69) is 25.6 Å². The first kappa shape index (κ1) is 12.8. The van der Waals surface area contributed by atoms with Crippen molar-refractivity contribution in [2.75, 3.05) is 36.2 Å². The Labute approximate surface area is 107 Å². The van der Waals surface area contributed by atoms with Crippen molar-refractivity contribution in [3.8, 4) is 0 Å². The molecule has 1 fully saturated rings. The predicted octanol–water partition coefficient (Wildman–Crippen LogP) is 0.305. The number of nitrogens with zero attached hydrogens (tertiary/aromatic N) is 4. The van der Waals surface area contributed by atoms with Crippen molar-refractivity contribution in [3.63, 3.8) is 0 Å². The maximum atomic E-state index is 9.26. The zero-order valence-corrected chi connectivity index (χ0v) is 11.0. The van der Waals surface area contributed by atoms with Gasteiger partial charge in [0, 0.05) is 26.7 Å². The molecule has 18 heavy (non-hydrogen) atoms. The van der Waals surface area contributed by atoms with E-state index in [1.54, 1.807) is 0 Å². The molecule has 0 atom stereocenters. The van der Waals surface area contributed by atoms with Crippen LogP contribution >= 0.6 is 0 Å². The van der Waals surface area contributed by atoms with Gasteiger partial charge in [-0.25, -0.2) is 0 Å². The van der Waals surface area contributed by atoms with Gasteiger partial charge < -0.3 is 20.6 Å². The zero-order chi connectivity index (χ0) is 13.1. The van der Waals surface area contributed by atoms with Crippen LogP contribution < -0.4 is 15.5 Å². The SMILES string of the molecule is CCNc1nc(NC2CC(O)C2)nc(N(C)C)n1. The highest BCUT2D eigenvalue weighted by molar-refractivity contribution is 5.43. The molecule has 7 heteroatoms. The molecule has 0 aliphatic heterocycles. The summed E-state index contributed by atoms with van der Waals surface area (Å²) in [6.45, 7) is 2.76. The summed E-state index contributed by atoms with van der Waals surface area (Å²) in [4.78, 5) is 14.8. The molecule has 1 aliphatic rings. The average Bonchev–Trinajstić information content (AvgIpc) is 2.27. The van der Waals surface area contributed by atoms with Gasteiger partial charge in [0.1, 0.15) is 0 Å². The number of hydrogen-bond donors (Lipinski definition) is 3. The van der Waals surface area contributed by atoms with Gasteiger partial charge in [0.25, 0.3) is 0 Å². The van der Waals surface area contributed by atoms with Crippen LogP contribution in [-0.2, 0) is 0 Å². The average molecular weight is 252 g/mol. The van der Waals surface area contributed by atoms with E-state index < -0.39 is 0 Å². The fourth-order valence-corrected chi connectivity index (χ4v) is 1.75. The van der Waals surface area contributed by atoms with Crippen LogP contribution in [-0.4, -0.2) is 52.8 Å². The molecule has 1 aromatic heterocycles. The lowest BCUT2D eigenvalue weighted by Crippen LogP contribution is -2.39. The zero-order valence-electron chi connectivity index (χ0n) is 11.0. The fourth-order valence-electron chi connectivity index (χ4n) is 1.75. The third kappa shape index (κ3) is 2.98. The summed E-state index contributed by atoms with van der Waals surface area (Å²) in [5.74, 6) is 1.74. The number of nitrogens with one attached hydrogen (secondary N) is 2. The molecule has 1 aliphatic carbocycles. The van der Waals surface area contributed by atoms with Crippen LogP contribution in [0, 0.1) is 0 Å². The van der Waals surface area contributed by atoms with E-state index in [0.717, 1.165) is 19.4 Å². The molecular formula is C11H20N6O. The van der Waals surface area contributed by atoms with Crippen molar-refractivity contribution >= 4 is 17.8 Å². The highest BCUT2D eigenvalue weighted by atomic mass is 16.3. The van der Waals surface area contributed by atoms with E-state index in [1.807, 2.05) is 25.9 Å². The maximum Gasteiger partial charge on any atom is 0.231 e. The third-order valence-electron chi connectivity index (χ3n) is 2.80. The largest absolute Gasteiger partial charge is 0.393 e. The Kier molecular flexibility index (Phi) is 3.81. The summed E-state index contributed by atoms with van der Waals surface area (Å²) in [6, 6.07) is 0.256. The van der Waals surface area contributed by atoms with E-state index >= 15 is 0 Å². The molecule has 0 radical (unpaired) electrons. The lowest BCUT2D eigenvalue weighted by molar-refractivity contribution is 0.0834. The molecule has 1 saturated carbocycles. The Bertz CT molecular complexity index is 405. The molecule has 0 bridgehead atoms. The number of rotatable bonds is 5. The topological polar surface area (TPSA) is 86.2 Å². The van der Waals surface area contributed by atoms with E-state index in [1.165, 1.54) is 0 Å². The third-order valence-corrected chi connectivity index (χ3v) is 2.80. The van der Waals surface area contributed by atoms with Crippen molar-refractivity contribution in [3.05, 3.63) is 0 Å². The van der Waals surface area contributed by atoms with Gasteiger partial charge in [-0.15, -0.1) is 0 Å². The molecule has 0 aromatic carbocycles. The number of aromatic nitrogens is 3. The van der Waals surface area contributed by atoms with Crippen molar-refractivity contribution in [2.24, 2.45) is 0 Å². The Morgan fingerprint density at radius 1 is 1.22 bits per heavy atom. The van der Waals surface area contributed by atoms with E-state index in [4.69, 9.17) is 0 Å². The maximum absolute atomic E-state index is 9.26. The van der Waals surface area contributed by atoms with Crippen LogP contribution in [0.25, 0.3) is 0 Å². The monoisotopic (exact) mass is 252 g/mol. The van der Waals surface area contributed by atoms with Gasteiger partial charge in [0.05, 0.1) is 6.10 Å². The molecule has 0 amide bonds. The molecule has 0 spiro atoms. The van der Waals surface area contributed by atoms with E-state index in [0.29, 0.717) is 17.8 Å². The molecule has 0 saturated heterocycles. The van der Waals surface area contributed by atoms with Crippen LogP contribution in [0.15, 0.2) is 0 Å². The van der Waals surface area contributed by atoms with Crippen LogP contribution in [0.4, 0.5) is 17.8 Å². The number of aliphatic hydroxyl groups is 1. The summed E-state index contributed by atoms with van der Waals surface area (Å²) >= 11 is 0. The quantitative estimate of drug-likeness (QED) is 0.695. The van der Waals surface area contributed by atoms with Crippen LogP contribution in [0.3, 0.4) is 0 Å².